The summed E-state index contributed by atoms with van der Waals surface area (Å²) in [5, 5.41) is 44.4. The summed E-state index contributed by atoms with van der Waals surface area (Å²) in [6, 6.07) is 7.54. The van der Waals surface area contributed by atoms with Crippen molar-refractivity contribution in [1.82, 2.24) is 16.0 Å². The van der Waals surface area contributed by atoms with Crippen LogP contribution < -0.4 is 20.7 Å². The highest BCUT2D eigenvalue weighted by Crippen LogP contribution is 2.47. The van der Waals surface area contributed by atoms with Gasteiger partial charge in [-0.2, -0.15) is 8.42 Å². The summed E-state index contributed by atoms with van der Waals surface area (Å²) in [6.45, 7) is 20.2. The third-order valence-corrected chi connectivity index (χ3v) is 18.7. The molecule has 0 saturated carbocycles. The number of carbonyl (C=O) groups is 4. The van der Waals surface area contributed by atoms with Crippen molar-refractivity contribution in [2.75, 3.05) is 337 Å². The van der Waals surface area contributed by atoms with Gasteiger partial charge in [0.15, 0.2) is 6.61 Å². The number of amides is 3. The van der Waals surface area contributed by atoms with Gasteiger partial charge >= 0.3 is 5.97 Å². The van der Waals surface area contributed by atoms with E-state index >= 15 is 0 Å². The average molecular weight is 1830 g/mol. The molecule has 0 aromatic heterocycles. The van der Waals surface area contributed by atoms with Gasteiger partial charge in [-0.3, -0.25) is 23.7 Å². The van der Waals surface area contributed by atoms with Crippen molar-refractivity contribution in [1.29, 1.82) is 0 Å². The van der Waals surface area contributed by atoms with Crippen molar-refractivity contribution in [2.45, 2.75) is 59.3 Å². The molecule has 4 rings (SSSR count). The Morgan fingerprint density at radius 3 is 0.976 bits per heavy atom. The number of nitrogens with one attached hydrogen (secondary N) is 3. The van der Waals surface area contributed by atoms with E-state index in [9.17, 15) is 32.1 Å². The van der Waals surface area contributed by atoms with Gasteiger partial charge in [0.1, 0.15) is 16.7 Å². The number of benzene rings is 4. The highest BCUT2D eigenvalue weighted by molar-refractivity contribution is 7.95. The molecule has 0 aliphatic rings. The molecule has 0 spiro atoms. The zero-order valence-corrected chi connectivity index (χ0v) is 72.9. The molecule has 708 valence electrons. The lowest BCUT2D eigenvalue weighted by Crippen LogP contribution is -2.49. The molecule has 3 amide bonds. The van der Waals surface area contributed by atoms with Gasteiger partial charge in [0.25, 0.3) is 16.0 Å². The quantitative estimate of drug-likeness (QED) is 0.00811. The molecule has 4 aromatic carbocycles. The van der Waals surface area contributed by atoms with Crippen molar-refractivity contribution in [2.24, 2.45) is 0 Å². The highest BCUT2D eigenvalue weighted by Gasteiger charge is 2.27. The Morgan fingerprint density at radius 1 is 0.358 bits per heavy atom. The summed E-state index contributed by atoms with van der Waals surface area (Å²) >= 11 is 1.01. The predicted octanol–water partition coefficient (Wildman–Crippen LogP) is 4.24. The second-order valence-electron chi connectivity index (χ2n) is 25.6. The lowest BCUT2D eigenvalue weighted by molar-refractivity contribution is -0.432. The first kappa shape index (κ1) is 110. The summed E-state index contributed by atoms with van der Waals surface area (Å²) in [7, 11) is -3.21. The molecule has 1 unspecified atom stereocenters. The topological polar surface area (TPSA) is 487 Å². The van der Waals surface area contributed by atoms with E-state index in [0.717, 1.165) is 6.07 Å². The second-order valence-corrected chi connectivity index (χ2v) is 28.5. The van der Waals surface area contributed by atoms with Crippen LogP contribution in [0.3, 0.4) is 0 Å². The Morgan fingerprint density at radius 2 is 0.659 bits per heavy atom. The Bertz CT molecular complexity index is 3350. The number of carbonyl (C=O) groups excluding carboxylic acids is 3. The molecule has 7 N–H and O–H groups in total. The summed E-state index contributed by atoms with van der Waals surface area (Å²) in [5.74, 6) is -2.65. The van der Waals surface area contributed by atoms with E-state index in [2.05, 4.69) is 30.4 Å². The Kier molecular flexibility index (Phi) is 70.0. The Balaban J connectivity index is 0.853. The van der Waals surface area contributed by atoms with E-state index in [1.54, 1.807) is 19.2 Å². The molecule has 0 bridgehead atoms. The molecule has 42 nitrogen and oxygen atoms in total. The van der Waals surface area contributed by atoms with E-state index in [-0.39, 0.29) is 78.5 Å². The molecule has 0 saturated heterocycles. The first-order valence-electron chi connectivity index (χ1n) is 40.9. The Hall–Kier alpha value is -4.99. The number of carboxylic acid groups (broad SMARTS) is 1. The molecule has 4 aromatic rings. The molecule has 0 heterocycles. The maximum Gasteiger partial charge on any atom is 0.303 e. The maximum atomic E-state index is 13.6. The van der Waals surface area contributed by atoms with Crippen LogP contribution in [0, 0.1) is 0 Å². The van der Waals surface area contributed by atoms with Crippen LogP contribution in [0.15, 0.2) is 51.1 Å². The molecule has 0 aliphatic carbocycles. The highest BCUT2D eigenvalue weighted by atomic mass is 32.2. The summed E-state index contributed by atoms with van der Waals surface area (Å²) in [5.41, 5.74) is 0. The first-order chi connectivity index (χ1) is 60.4. The number of ether oxygens (including phenoxy) is 25. The minimum atomic E-state index is -4.85. The maximum absolute atomic E-state index is 13.6. The largest absolute Gasteiger partial charge is 0.483 e. The minimum absolute atomic E-state index is 0.00835. The van der Waals surface area contributed by atoms with E-state index in [1.165, 1.54) is 18.2 Å². The van der Waals surface area contributed by atoms with Crippen LogP contribution in [-0.2, 0) is 162 Å². The lowest BCUT2D eigenvalue weighted by atomic mass is 9.93. The molecular formula is C78H129N3O39S3. The van der Waals surface area contributed by atoms with Gasteiger partial charge in [-0.1, -0.05) is 34.7 Å². The SMILES string of the molecule is COCCOCCOCCOCCOCCOCCOCCOCCOCCOCCOCCOCCOCCOCCOCCOCCOCCOCCOCCOCCOCCOCCOCCOCCNC(=O)C(CCC(=O)NCCCCCC(=O)O)NC(=O)COc1cc(SOOO)c2ccc3c(SOOO)cc(S(=O)(=O)O)c4ccc1c2c34. The van der Waals surface area contributed by atoms with Gasteiger partial charge < -0.3 is 139 Å². The molecule has 1 atom stereocenters. The van der Waals surface area contributed by atoms with Crippen LogP contribution in [0.2, 0.25) is 0 Å². The number of hydrogen-bond acceptors (Lipinski definition) is 39. The number of unbranched alkanes of at least 4 members (excludes halogenated alkanes) is 2. The summed E-state index contributed by atoms with van der Waals surface area (Å²) in [6.07, 6.45) is 1.29. The van der Waals surface area contributed by atoms with Crippen molar-refractivity contribution in [3.05, 3.63) is 36.4 Å². The molecular weight excluding hydrogens is 1700 g/mol. The van der Waals surface area contributed by atoms with Crippen LogP contribution in [0.1, 0.15) is 38.5 Å². The van der Waals surface area contributed by atoms with Crippen LogP contribution in [0.4, 0.5) is 0 Å². The third-order valence-electron chi connectivity index (χ3n) is 16.6. The van der Waals surface area contributed by atoms with Gasteiger partial charge in [-0.15, -0.1) is 8.67 Å². The normalized spacial score (nSPS) is 12.1. The first-order valence-corrected chi connectivity index (χ1v) is 43.8. The van der Waals surface area contributed by atoms with Crippen LogP contribution >= 0.6 is 24.1 Å². The number of hydrogen-bond donors (Lipinski definition) is 7. The number of aliphatic carboxylic acids is 1. The van der Waals surface area contributed by atoms with Crippen molar-refractivity contribution < 1.29 is 185 Å². The van der Waals surface area contributed by atoms with Gasteiger partial charge in [-0.05, 0) is 48.2 Å². The summed E-state index contributed by atoms with van der Waals surface area (Å²) < 4.78 is 183. The number of carboxylic acids is 1. The Labute approximate surface area is 726 Å². The van der Waals surface area contributed by atoms with E-state index < -0.39 is 51.4 Å². The fourth-order valence-corrected chi connectivity index (χ4v) is 12.5. The van der Waals surface area contributed by atoms with Crippen LogP contribution in [0.5, 0.6) is 5.75 Å². The smallest absolute Gasteiger partial charge is 0.303 e. The molecule has 0 radical (unpaired) electrons. The number of rotatable bonds is 93. The molecule has 0 fully saturated rings. The second kappa shape index (κ2) is 78.1. The predicted molar refractivity (Wildman–Crippen MR) is 441 cm³/mol. The molecule has 0 aliphatic heterocycles. The van der Waals surface area contributed by atoms with E-state index in [1.807, 2.05) is 0 Å². The number of methoxy groups -OCH3 is 1. The van der Waals surface area contributed by atoms with Crippen LogP contribution in [0.25, 0.3) is 32.3 Å². The molecule has 45 heteroatoms. The zero-order valence-electron chi connectivity index (χ0n) is 70.4. The molecule has 123 heavy (non-hydrogen) atoms. The van der Waals surface area contributed by atoms with Crippen molar-refractivity contribution in [3.63, 3.8) is 0 Å². The monoisotopic (exact) mass is 1830 g/mol. The fourth-order valence-electron chi connectivity index (χ4n) is 10.7. The van der Waals surface area contributed by atoms with Gasteiger partial charge in [0, 0.05) is 59.5 Å². The van der Waals surface area contributed by atoms with Gasteiger partial charge in [0.2, 0.25) is 11.8 Å². The van der Waals surface area contributed by atoms with Gasteiger partial charge in [-0.25, -0.2) is 10.5 Å². The van der Waals surface area contributed by atoms with Gasteiger partial charge in [0.05, 0.1) is 340 Å². The van der Waals surface area contributed by atoms with Crippen molar-refractivity contribution >= 4 is 90.2 Å². The lowest BCUT2D eigenvalue weighted by Gasteiger charge is -2.20. The summed E-state index contributed by atoms with van der Waals surface area (Å²) in [4.78, 5) is 50.8. The zero-order chi connectivity index (χ0) is 88.0. The van der Waals surface area contributed by atoms with Crippen LogP contribution in [-0.4, -0.2) is 396 Å². The van der Waals surface area contributed by atoms with E-state index in [0.29, 0.717) is 356 Å². The third kappa shape index (κ3) is 57.5. The van der Waals surface area contributed by atoms with Crippen molar-refractivity contribution in [3.8, 4) is 5.75 Å². The fraction of sp³-hybridized carbons (Fsp3) is 0.744. The average Bonchev–Trinajstić information content (AvgIpc) is 0.715. The minimum Gasteiger partial charge on any atom is -0.483 e. The standard InChI is InChI=1S/C78H129N3O39S3/c1-92-15-16-94-19-20-96-23-24-98-27-28-100-31-32-102-35-36-104-39-40-106-43-44-108-47-48-110-51-52-112-55-56-114-59-60-115-58-57-113-54-53-111-50-49-109-46-45-107-42-41-105-38-37-103-34-33-101-30-29-99-26-25-97-22-21-95-18-17-93-14-13-80-78(86)68(10-11-73(82)79-12-4-2-3-5-75(84)85)81-74(83)63-116-69-61-70(121-119-117-87)65-7-8-66-71(122-120-118-88)62-72(123(89,90)91)67-9-6-64(69)76(65)77(66)67/h6-9,61-62,68,87-88H,2-5,10-60,63H2,1H3,(H,79,82)(H,80,86)(H,81,83)(H,84,85)(H,89,90,91). The van der Waals surface area contributed by atoms with E-state index in [4.69, 9.17) is 138 Å².